The number of fused-ring (bicyclic) bond motifs is 2. The number of rotatable bonds is 6. The second kappa shape index (κ2) is 12.4. The highest BCUT2D eigenvalue weighted by Crippen LogP contribution is 2.29. The smallest absolute Gasteiger partial charge is 0.410 e. The molecule has 6 heterocycles. The number of imidazole rings is 1. The molecule has 4 aromatic heterocycles. The van der Waals surface area contributed by atoms with Crippen LogP contribution in [0.4, 0.5) is 10.6 Å². The molecule has 0 N–H and O–H groups in total. The minimum absolute atomic E-state index is 0.265. The predicted octanol–water partition coefficient (Wildman–Crippen LogP) is 5.78. The molecular formula is C35H37N7O4. The van der Waals surface area contributed by atoms with Crippen molar-refractivity contribution in [3.63, 3.8) is 0 Å². The second-order valence-corrected chi connectivity index (χ2v) is 12.5. The van der Waals surface area contributed by atoms with Crippen molar-refractivity contribution in [2.24, 2.45) is 0 Å². The second-order valence-electron chi connectivity index (χ2n) is 12.5. The van der Waals surface area contributed by atoms with Crippen molar-refractivity contribution in [1.29, 1.82) is 0 Å². The summed E-state index contributed by atoms with van der Waals surface area (Å²) in [6.45, 7) is 9.78. The van der Waals surface area contributed by atoms with Gasteiger partial charge in [-0.1, -0.05) is 24.3 Å². The van der Waals surface area contributed by atoms with Crippen LogP contribution in [0.25, 0.3) is 33.4 Å². The van der Waals surface area contributed by atoms with Crippen molar-refractivity contribution in [2.75, 3.05) is 44.3 Å². The van der Waals surface area contributed by atoms with E-state index >= 15 is 0 Å². The SMILES string of the molecule is CC(C)(C)OC(=O)N1CC=C(c2ccc(-c3cnc(N4CCOCC4)c4nc(COc5ccc6ccccc6n5)cn34)cn2)CC1. The number of nitrogens with zero attached hydrogens (tertiary/aromatic N) is 7. The first kappa shape index (κ1) is 29.7. The average Bonchev–Trinajstić information content (AvgIpc) is 3.51. The van der Waals surface area contributed by atoms with Crippen LogP contribution in [0.3, 0.4) is 0 Å². The lowest BCUT2D eigenvalue weighted by molar-refractivity contribution is 0.0270. The molecule has 1 aromatic carbocycles. The lowest BCUT2D eigenvalue weighted by Crippen LogP contribution is -2.39. The lowest BCUT2D eigenvalue weighted by Gasteiger charge is -2.29. The molecule has 1 amide bonds. The zero-order valence-electron chi connectivity index (χ0n) is 26.3. The van der Waals surface area contributed by atoms with Crippen molar-refractivity contribution < 1.29 is 19.0 Å². The van der Waals surface area contributed by atoms with Gasteiger partial charge in [0, 0.05) is 55.6 Å². The van der Waals surface area contributed by atoms with Crippen molar-refractivity contribution in [3.05, 3.63) is 84.6 Å². The summed E-state index contributed by atoms with van der Waals surface area (Å²) in [6.07, 6.45) is 8.23. The summed E-state index contributed by atoms with van der Waals surface area (Å²) in [6, 6.07) is 16.0. The standard InChI is InChI=1S/C35H37N7O4/c1-35(2,3)46-34(43)41-14-12-25(13-15-41)28-10-8-26(20-36-28)30-21-37-32(40-16-18-44-19-17-40)33-38-27(22-42(30)33)23-45-31-11-9-24-6-4-5-7-29(24)39-31/h4-12,20-22H,13-19,23H2,1-3H3. The summed E-state index contributed by atoms with van der Waals surface area (Å²) in [5.41, 5.74) is 5.69. The van der Waals surface area contributed by atoms with Crippen LogP contribution in [0.5, 0.6) is 5.88 Å². The molecule has 7 rings (SSSR count). The summed E-state index contributed by atoms with van der Waals surface area (Å²) in [5.74, 6) is 1.36. The monoisotopic (exact) mass is 619 g/mol. The largest absolute Gasteiger partial charge is 0.471 e. The molecule has 0 bridgehead atoms. The summed E-state index contributed by atoms with van der Waals surface area (Å²) in [7, 11) is 0. The summed E-state index contributed by atoms with van der Waals surface area (Å²) in [4.78, 5) is 35.7. The normalized spacial score (nSPS) is 15.7. The van der Waals surface area contributed by atoms with Crippen molar-refractivity contribution >= 4 is 34.0 Å². The molecule has 0 atom stereocenters. The van der Waals surface area contributed by atoms with E-state index in [0.29, 0.717) is 38.6 Å². The molecule has 0 unspecified atom stereocenters. The quantitative estimate of drug-likeness (QED) is 0.234. The Morgan fingerprint density at radius 1 is 0.957 bits per heavy atom. The van der Waals surface area contributed by atoms with Crippen LogP contribution in [0.15, 0.2) is 73.2 Å². The van der Waals surface area contributed by atoms with Crippen LogP contribution in [0.1, 0.15) is 38.6 Å². The van der Waals surface area contributed by atoms with Crippen molar-refractivity contribution in [2.45, 2.75) is 39.4 Å². The molecule has 1 saturated heterocycles. The minimum Gasteiger partial charge on any atom is -0.471 e. The van der Waals surface area contributed by atoms with Gasteiger partial charge in [0.1, 0.15) is 12.2 Å². The van der Waals surface area contributed by atoms with Gasteiger partial charge in [0.15, 0.2) is 11.5 Å². The van der Waals surface area contributed by atoms with Gasteiger partial charge in [0.05, 0.1) is 42.0 Å². The van der Waals surface area contributed by atoms with E-state index in [4.69, 9.17) is 29.2 Å². The molecule has 5 aromatic rings. The highest BCUT2D eigenvalue weighted by atomic mass is 16.6. The fourth-order valence-corrected chi connectivity index (χ4v) is 5.70. The van der Waals surface area contributed by atoms with Crippen LogP contribution in [-0.4, -0.2) is 80.3 Å². The molecular weight excluding hydrogens is 582 g/mol. The molecule has 1 fully saturated rings. The molecule has 11 heteroatoms. The Hall–Kier alpha value is -5.03. The van der Waals surface area contributed by atoms with E-state index in [9.17, 15) is 4.79 Å². The fraction of sp³-hybridized carbons (Fsp3) is 0.343. The highest BCUT2D eigenvalue weighted by Gasteiger charge is 2.25. The molecule has 46 heavy (non-hydrogen) atoms. The van der Waals surface area contributed by atoms with Crippen LogP contribution < -0.4 is 9.64 Å². The average molecular weight is 620 g/mol. The van der Waals surface area contributed by atoms with Gasteiger partial charge in [0.25, 0.3) is 0 Å². The molecule has 0 radical (unpaired) electrons. The van der Waals surface area contributed by atoms with Gasteiger partial charge < -0.3 is 24.0 Å². The fourth-order valence-electron chi connectivity index (χ4n) is 5.70. The maximum absolute atomic E-state index is 12.5. The van der Waals surface area contributed by atoms with Gasteiger partial charge in [-0.15, -0.1) is 0 Å². The third kappa shape index (κ3) is 6.36. The summed E-state index contributed by atoms with van der Waals surface area (Å²) in [5, 5.41) is 1.07. The molecule has 236 valence electrons. The molecule has 0 spiro atoms. The predicted molar refractivity (Wildman–Crippen MR) is 176 cm³/mol. The number of carbonyl (C=O) groups is 1. The highest BCUT2D eigenvalue weighted by molar-refractivity contribution is 5.79. The number of carbonyl (C=O) groups excluding carboxylic acids is 1. The summed E-state index contributed by atoms with van der Waals surface area (Å²) < 4.78 is 19.3. The third-order valence-electron chi connectivity index (χ3n) is 8.02. The number of morpholine rings is 1. The Morgan fingerprint density at radius 2 is 1.80 bits per heavy atom. The first-order valence-electron chi connectivity index (χ1n) is 15.6. The van der Waals surface area contributed by atoms with E-state index in [1.807, 2.05) is 81.8 Å². The maximum atomic E-state index is 12.5. The minimum atomic E-state index is -0.517. The van der Waals surface area contributed by atoms with E-state index in [1.165, 1.54) is 0 Å². The first-order valence-corrected chi connectivity index (χ1v) is 15.6. The topological polar surface area (TPSA) is 107 Å². The number of hydrogen-bond donors (Lipinski definition) is 0. The number of hydrogen-bond acceptors (Lipinski definition) is 9. The third-order valence-corrected chi connectivity index (χ3v) is 8.02. The molecule has 11 nitrogen and oxygen atoms in total. The van der Waals surface area contributed by atoms with E-state index in [-0.39, 0.29) is 12.7 Å². The van der Waals surface area contributed by atoms with Gasteiger partial charge in [-0.2, -0.15) is 0 Å². The van der Waals surface area contributed by atoms with Gasteiger partial charge in [-0.3, -0.25) is 9.38 Å². The van der Waals surface area contributed by atoms with Crippen molar-refractivity contribution in [3.8, 4) is 17.1 Å². The Morgan fingerprint density at radius 3 is 2.57 bits per heavy atom. The molecule has 0 saturated carbocycles. The van der Waals surface area contributed by atoms with E-state index in [0.717, 1.165) is 63.7 Å². The first-order chi connectivity index (χ1) is 22.3. The Kier molecular flexibility index (Phi) is 8.00. The Balaban J connectivity index is 1.14. The van der Waals surface area contributed by atoms with Crippen LogP contribution >= 0.6 is 0 Å². The molecule has 2 aliphatic rings. The molecule has 0 aliphatic carbocycles. The number of pyridine rings is 2. The Bertz CT molecular complexity index is 1910. The number of ether oxygens (including phenoxy) is 3. The number of anilines is 1. The van der Waals surface area contributed by atoms with E-state index < -0.39 is 5.60 Å². The van der Waals surface area contributed by atoms with Gasteiger partial charge in [-0.25, -0.2) is 19.7 Å². The zero-order valence-corrected chi connectivity index (χ0v) is 26.3. The summed E-state index contributed by atoms with van der Waals surface area (Å²) >= 11 is 0. The number of aromatic nitrogens is 5. The molecule has 2 aliphatic heterocycles. The van der Waals surface area contributed by atoms with Crippen LogP contribution in [0, 0.1) is 0 Å². The van der Waals surface area contributed by atoms with Gasteiger partial charge in [-0.05, 0) is 57.0 Å². The number of benzene rings is 1. The number of amides is 1. The zero-order chi connectivity index (χ0) is 31.7. The van der Waals surface area contributed by atoms with Crippen LogP contribution in [-0.2, 0) is 16.1 Å². The van der Waals surface area contributed by atoms with E-state index in [1.54, 1.807) is 4.90 Å². The Labute approximate surface area is 267 Å². The van der Waals surface area contributed by atoms with Gasteiger partial charge in [0.2, 0.25) is 5.88 Å². The van der Waals surface area contributed by atoms with E-state index in [2.05, 4.69) is 26.4 Å². The maximum Gasteiger partial charge on any atom is 0.410 e. The lowest BCUT2D eigenvalue weighted by atomic mass is 10.0. The van der Waals surface area contributed by atoms with Crippen LogP contribution in [0.2, 0.25) is 0 Å². The van der Waals surface area contributed by atoms with Gasteiger partial charge >= 0.3 is 6.09 Å². The number of para-hydroxylation sites is 1. The van der Waals surface area contributed by atoms with Crippen molar-refractivity contribution in [1.82, 2.24) is 29.2 Å².